The minimum absolute atomic E-state index is 0.467. The number of nitrogens with zero attached hydrogens (tertiary/aromatic N) is 2. The minimum Gasteiger partial charge on any atom is -0.338 e. The van der Waals surface area contributed by atoms with Crippen molar-refractivity contribution < 1.29 is 4.52 Å². The fourth-order valence-corrected chi connectivity index (χ4v) is 2.11. The van der Waals surface area contributed by atoms with Gasteiger partial charge in [-0.3, -0.25) is 0 Å². The lowest BCUT2D eigenvalue weighted by Crippen LogP contribution is -1.99. The number of nitrogens with one attached hydrogen (secondary N) is 1. The highest BCUT2D eigenvalue weighted by Crippen LogP contribution is 2.27. The third kappa shape index (κ3) is 2.85. The first-order chi connectivity index (χ1) is 8.20. The Balaban J connectivity index is 2.24. The molecule has 0 radical (unpaired) electrons. The predicted molar refractivity (Wildman–Crippen MR) is 71.0 cm³/mol. The number of benzene rings is 1. The molecule has 0 aliphatic heterocycles. The zero-order valence-electron chi connectivity index (χ0n) is 9.83. The van der Waals surface area contributed by atoms with Crippen LogP contribution in [0, 0.1) is 6.92 Å². The van der Waals surface area contributed by atoms with Crippen molar-refractivity contribution in [1.29, 1.82) is 0 Å². The van der Waals surface area contributed by atoms with Gasteiger partial charge in [-0.2, -0.15) is 4.98 Å². The van der Waals surface area contributed by atoms with Crippen molar-refractivity contribution in [1.82, 2.24) is 10.1 Å². The number of anilines is 1. The summed E-state index contributed by atoms with van der Waals surface area (Å²) in [5, 5.41) is 7.01. The van der Waals surface area contributed by atoms with Gasteiger partial charge in [0.05, 0.1) is 0 Å². The summed E-state index contributed by atoms with van der Waals surface area (Å²) in [6, 6.07) is 6.50. The number of aryl methyl sites for hydroxylation is 1. The second kappa shape index (κ2) is 5.31. The monoisotopic (exact) mass is 295 g/mol. The molecule has 0 fully saturated rings. The molecule has 0 aliphatic carbocycles. The van der Waals surface area contributed by atoms with Gasteiger partial charge in [0.25, 0.3) is 0 Å². The first-order valence-corrected chi connectivity index (χ1v) is 6.34. The molecular weight excluding hydrogens is 282 g/mol. The lowest BCUT2D eigenvalue weighted by atomic mass is 10.1. The van der Waals surface area contributed by atoms with Crippen molar-refractivity contribution in [2.75, 3.05) is 11.9 Å². The van der Waals surface area contributed by atoms with Crippen LogP contribution in [0.15, 0.2) is 27.2 Å². The van der Waals surface area contributed by atoms with Crippen LogP contribution in [0.25, 0.3) is 11.4 Å². The zero-order valence-corrected chi connectivity index (χ0v) is 11.4. The van der Waals surface area contributed by atoms with E-state index in [2.05, 4.69) is 38.3 Å². The largest absolute Gasteiger partial charge is 0.338 e. The van der Waals surface area contributed by atoms with Crippen molar-refractivity contribution in [2.24, 2.45) is 0 Å². The number of aromatic nitrogens is 2. The summed E-state index contributed by atoms with van der Waals surface area (Å²) in [5.41, 5.74) is 2.12. The van der Waals surface area contributed by atoms with E-state index < -0.39 is 0 Å². The Morgan fingerprint density at radius 1 is 1.41 bits per heavy atom. The van der Waals surface area contributed by atoms with Gasteiger partial charge in [0, 0.05) is 16.6 Å². The molecular formula is C12H14BrN3O. The molecule has 0 amide bonds. The van der Waals surface area contributed by atoms with Crippen LogP contribution in [0.4, 0.5) is 6.01 Å². The summed E-state index contributed by atoms with van der Waals surface area (Å²) in [5.74, 6) is 0.593. The van der Waals surface area contributed by atoms with E-state index in [-0.39, 0.29) is 0 Å². The summed E-state index contributed by atoms with van der Waals surface area (Å²) >= 11 is 3.50. The minimum atomic E-state index is 0.467. The molecule has 2 aromatic rings. The quantitative estimate of drug-likeness (QED) is 0.936. The fourth-order valence-electron chi connectivity index (χ4n) is 1.44. The van der Waals surface area contributed by atoms with Crippen LogP contribution in [0.3, 0.4) is 0 Å². The van der Waals surface area contributed by atoms with Gasteiger partial charge in [-0.05, 0) is 31.0 Å². The number of halogens is 1. The molecule has 5 heteroatoms. The van der Waals surface area contributed by atoms with E-state index >= 15 is 0 Å². The van der Waals surface area contributed by atoms with E-state index in [9.17, 15) is 0 Å². The van der Waals surface area contributed by atoms with E-state index in [1.807, 2.05) is 25.1 Å². The van der Waals surface area contributed by atoms with E-state index in [1.54, 1.807) is 0 Å². The summed E-state index contributed by atoms with van der Waals surface area (Å²) in [4.78, 5) is 4.29. The Hall–Kier alpha value is -1.36. The predicted octanol–water partition coefficient (Wildman–Crippen LogP) is 3.63. The second-order valence-corrected chi connectivity index (χ2v) is 4.69. The lowest BCUT2D eigenvalue weighted by Gasteiger charge is -1.99. The van der Waals surface area contributed by atoms with Gasteiger partial charge in [0.15, 0.2) is 0 Å². The van der Waals surface area contributed by atoms with Crippen LogP contribution in [0.2, 0.25) is 0 Å². The van der Waals surface area contributed by atoms with Crippen molar-refractivity contribution in [3.8, 4) is 11.4 Å². The molecule has 17 heavy (non-hydrogen) atoms. The molecule has 1 heterocycles. The van der Waals surface area contributed by atoms with Gasteiger partial charge in [-0.15, -0.1) is 0 Å². The smallest absolute Gasteiger partial charge is 0.321 e. The highest BCUT2D eigenvalue weighted by molar-refractivity contribution is 9.10. The number of hydrogen-bond acceptors (Lipinski definition) is 4. The molecule has 1 aromatic heterocycles. The number of rotatable bonds is 4. The molecule has 90 valence electrons. The molecule has 0 unspecified atom stereocenters. The summed E-state index contributed by atoms with van der Waals surface area (Å²) < 4.78 is 6.09. The summed E-state index contributed by atoms with van der Waals surface area (Å²) in [6.45, 7) is 4.95. The van der Waals surface area contributed by atoms with Gasteiger partial charge in [-0.1, -0.05) is 34.1 Å². The van der Waals surface area contributed by atoms with Gasteiger partial charge in [-0.25, -0.2) is 0 Å². The van der Waals surface area contributed by atoms with Gasteiger partial charge in [0.1, 0.15) is 0 Å². The number of hydrogen-bond donors (Lipinski definition) is 1. The van der Waals surface area contributed by atoms with Crippen LogP contribution in [-0.2, 0) is 0 Å². The molecule has 1 aromatic carbocycles. The second-order valence-electron chi connectivity index (χ2n) is 3.83. The first kappa shape index (κ1) is 12.1. The lowest BCUT2D eigenvalue weighted by molar-refractivity contribution is 0.432. The Kier molecular flexibility index (Phi) is 3.78. The molecule has 1 N–H and O–H groups in total. The Bertz CT molecular complexity index is 510. The van der Waals surface area contributed by atoms with Crippen molar-refractivity contribution in [3.63, 3.8) is 0 Å². The average molecular weight is 296 g/mol. The molecule has 0 spiro atoms. The molecule has 2 rings (SSSR count). The van der Waals surface area contributed by atoms with Crippen LogP contribution >= 0.6 is 15.9 Å². The highest BCUT2D eigenvalue weighted by Gasteiger charge is 2.10. The van der Waals surface area contributed by atoms with Crippen LogP contribution < -0.4 is 5.32 Å². The summed E-state index contributed by atoms with van der Waals surface area (Å²) in [7, 11) is 0. The maximum absolute atomic E-state index is 5.11. The topological polar surface area (TPSA) is 51.0 Å². The third-order valence-electron chi connectivity index (χ3n) is 2.32. The maximum atomic E-state index is 5.11. The van der Waals surface area contributed by atoms with Crippen LogP contribution in [-0.4, -0.2) is 16.7 Å². The maximum Gasteiger partial charge on any atom is 0.321 e. The molecule has 0 bridgehead atoms. The van der Waals surface area contributed by atoms with E-state index in [0.717, 1.165) is 23.0 Å². The normalized spacial score (nSPS) is 10.5. The SMILES string of the molecule is CCCNc1nc(-c2ccc(C)cc2Br)no1. The molecule has 0 aliphatic rings. The van der Waals surface area contributed by atoms with E-state index in [4.69, 9.17) is 4.52 Å². The van der Waals surface area contributed by atoms with Crippen molar-refractivity contribution >= 4 is 21.9 Å². The molecule has 0 atom stereocenters. The molecule has 4 nitrogen and oxygen atoms in total. The van der Waals surface area contributed by atoms with Crippen LogP contribution in [0.1, 0.15) is 18.9 Å². The first-order valence-electron chi connectivity index (χ1n) is 5.55. The Morgan fingerprint density at radius 2 is 2.24 bits per heavy atom. The van der Waals surface area contributed by atoms with E-state index in [1.165, 1.54) is 5.56 Å². The Morgan fingerprint density at radius 3 is 2.94 bits per heavy atom. The fraction of sp³-hybridized carbons (Fsp3) is 0.333. The highest BCUT2D eigenvalue weighted by atomic mass is 79.9. The van der Waals surface area contributed by atoms with Gasteiger partial charge in [0.2, 0.25) is 5.82 Å². The molecule has 0 saturated carbocycles. The zero-order chi connectivity index (χ0) is 12.3. The van der Waals surface area contributed by atoms with Crippen molar-refractivity contribution in [2.45, 2.75) is 20.3 Å². The van der Waals surface area contributed by atoms with Gasteiger partial charge < -0.3 is 9.84 Å². The summed E-state index contributed by atoms with van der Waals surface area (Å²) in [6.07, 6.45) is 1.02. The van der Waals surface area contributed by atoms with Crippen LogP contribution in [0.5, 0.6) is 0 Å². The Labute approximate surface area is 109 Å². The molecule has 0 saturated heterocycles. The van der Waals surface area contributed by atoms with E-state index in [0.29, 0.717) is 11.8 Å². The third-order valence-corrected chi connectivity index (χ3v) is 2.97. The van der Waals surface area contributed by atoms with Gasteiger partial charge >= 0.3 is 6.01 Å². The standard InChI is InChI=1S/C12H14BrN3O/c1-3-6-14-12-15-11(16-17-12)9-5-4-8(2)7-10(9)13/h4-5,7H,3,6H2,1-2H3,(H,14,15,16). The average Bonchev–Trinajstić information content (AvgIpc) is 2.75. The van der Waals surface area contributed by atoms with Crippen molar-refractivity contribution in [3.05, 3.63) is 28.2 Å².